The van der Waals surface area contributed by atoms with Gasteiger partial charge in [-0.15, -0.1) is 0 Å². The second-order valence-electron chi connectivity index (χ2n) is 4.69. The Kier molecular flexibility index (Phi) is 4.31. The number of hydrogen-bond donors (Lipinski definition) is 2. The highest BCUT2D eigenvalue weighted by atomic mass is 16.6. The molecular formula is C13H16N4O2. The molecule has 0 radical (unpaired) electrons. The van der Waals surface area contributed by atoms with E-state index in [1.54, 1.807) is 6.07 Å². The van der Waals surface area contributed by atoms with Crippen LogP contribution in [0.4, 0.5) is 11.4 Å². The Balaban J connectivity index is 2.01. The van der Waals surface area contributed by atoms with Crippen molar-refractivity contribution in [2.45, 2.75) is 12.8 Å². The van der Waals surface area contributed by atoms with Gasteiger partial charge in [0, 0.05) is 18.3 Å². The lowest BCUT2D eigenvalue weighted by Gasteiger charge is -2.23. The van der Waals surface area contributed by atoms with E-state index in [2.05, 4.69) is 10.6 Å². The molecule has 0 saturated carbocycles. The van der Waals surface area contributed by atoms with Gasteiger partial charge in [0.25, 0.3) is 5.69 Å². The van der Waals surface area contributed by atoms with Gasteiger partial charge in [0.05, 0.1) is 4.92 Å². The molecule has 1 aromatic carbocycles. The lowest BCUT2D eigenvalue weighted by Crippen LogP contribution is -2.33. The van der Waals surface area contributed by atoms with Gasteiger partial charge >= 0.3 is 0 Å². The largest absolute Gasteiger partial charge is 0.385 e. The summed E-state index contributed by atoms with van der Waals surface area (Å²) in [5, 5.41) is 26.2. The van der Waals surface area contributed by atoms with Crippen molar-refractivity contribution in [2.24, 2.45) is 5.92 Å². The summed E-state index contributed by atoms with van der Waals surface area (Å²) in [6.07, 6.45) is 2.36. The molecule has 19 heavy (non-hydrogen) atoms. The topological polar surface area (TPSA) is 91.0 Å². The Labute approximate surface area is 111 Å². The van der Waals surface area contributed by atoms with Crippen LogP contribution in [0, 0.1) is 27.4 Å². The average molecular weight is 260 g/mol. The lowest BCUT2D eigenvalue weighted by atomic mass is 9.99. The summed E-state index contributed by atoms with van der Waals surface area (Å²) in [5.74, 6) is 0.564. The van der Waals surface area contributed by atoms with E-state index < -0.39 is 4.92 Å². The molecule has 1 atom stereocenters. The summed E-state index contributed by atoms with van der Waals surface area (Å²) in [5.41, 5.74) is 0.705. The summed E-state index contributed by atoms with van der Waals surface area (Å²) in [6.45, 7) is 2.88. The van der Waals surface area contributed by atoms with Gasteiger partial charge in [0.2, 0.25) is 0 Å². The van der Waals surface area contributed by atoms with Gasteiger partial charge in [-0.3, -0.25) is 10.1 Å². The quantitative estimate of drug-likeness (QED) is 0.637. The minimum Gasteiger partial charge on any atom is -0.385 e. The number of nitro groups is 1. The van der Waals surface area contributed by atoms with E-state index in [0.29, 0.717) is 5.92 Å². The molecule has 6 heteroatoms. The fourth-order valence-corrected chi connectivity index (χ4v) is 2.26. The molecule has 0 spiro atoms. The maximum absolute atomic E-state index is 10.7. The van der Waals surface area contributed by atoms with E-state index in [1.807, 2.05) is 6.07 Å². The molecule has 0 bridgehead atoms. The van der Waals surface area contributed by atoms with E-state index in [0.717, 1.165) is 25.3 Å². The average Bonchev–Trinajstić information content (AvgIpc) is 2.45. The third-order valence-corrected chi connectivity index (χ3v) is 3.31. The maximum atomic E-state index is 10.7. The first kappa shape index (κ1) is 13.3. The van der Waals surface area contributed by atoms with E-state index in [1.165, 1.54) is 25.0 Å². The van der Waals surface area contributed by atoms with Crippen LogP contribution in [0.15, 0.2) is 18.2 Å². The molecule has 2 N–H and O–H groups in total. The number of benzene rings is 1. The van der Waals surface area contributed by atoms with Crippen molar-refractivity contribution in [2.75, 3.05) is 25.0 Å². The van der Waals surface area contributed by atoms with Crippen LogP contribution < -0.4 is 10.6 Å². The standard InChI is InChI=1S/C13H16N4O2/c14-7-11-6-12(3-4-13(11)17(18)19)16-9-10-2-1-5-15-8-10/h3-4,6,10,15-16H,1-2,5,8-9H2. The zero-order valence-electron chi connectivity index (χ0n) is 10.6. The molecule has 2 rings (SSSR count). The van der Waals surface area contributed by atoms with Crippen molar-refractivity contribution in [3.63, 3.8) is 0 Å². The Hall–Kier alpha value is -2.13. The van der Waals surface area contributed by atoms with E-state index in [4.69, 9.17) is 5.26 Å². The molecule has 1 aromatic rings. The molecule has 1 unspecified atom stereocenters. The van der Waals surface area contributed by atoms with Crippen molar-refractivity contribution < 1.29 is 4.92 Å². The zero-order valence-corrected chi connectivity index (χ0v) is 10.6. The maximum Gasteiger partial charge on any atom is 0.287 e. The predicted molar refractivity (Wildman–Crippen MR) is 71.9 cm³/mol. The molecule has 1 heterocycles. The van der Waals surface area contributed by atoms with Crippen LogP contribution in [0.2, 0.25) is 0 Å². The van der Waals surface area contributed by atoms with Crippen LogP contribution in [-0.4, -0.2) is 24.6 Å². The molecule has 1 aliphatic heterocycles. The Morgan fingerprint density at radius 1 is 1.58 bits per heavy atom. The van der Waals surface area contributed by atoms with Crippen LogP contribution >= 0.6 is 0 Å². The molecule has 0 aliphatic carbocycles. The van der Waals surface area contributed by atoms with Crippen LogP contribution in [0.5, 0.6) is 0 Å². The predicted octanol–water partition coefficient (Wildman–Crippen LogP) is 1.88. The van der Waals surface area contributed by atoms with Gasteiger partial charge in [-0.05, 0) is 44.0 Å². The molecule has 6 nitrogen and oxygen atoms in total. The Morgan fingerprint density at radius 3 is 3.05 bits per heavy atom. The summed E-state index contributed by atoms with van der Waals surface area (Å²) in [4.78, 5) is 10.2. The van der Waals surface area contributed by atoms with Gasteiger partial charge in [0.15, 0.2) is 0 Å². The van der Waals surface area contributed by atoms with E-state index >= 15 is 0 Å². The zero-order chi connectivity index (χ0) is 13.7. The second kappa shape index (κ2) is 6.16. The molecule has 1 saturated heterocycles. The summed E-state index contributed by atoms with van der Waals surface area (Å²) in [7, 11) is 0. The van der Waals surface area contributed by atoms with Crippen molar-refractivity contribution in [1.82, 2.24) is 5.32 Å². The minimum absolute atomic E-state index is 0.0942. The molecule has 0 aromatic heterocycles. The normalized spacial score (nSPS) is 18.6. The van der Waals surface area contributed by atoms with E-state index in [-0.39, 0.29) is 11.3 Å². The Bertz CT molecular complexity index is 504. The van der Waals surface area contributed by atoms with Crippen LogP contribution in [0.3, 0.4) is 0 Å². The van der Waals surface area contributed by atoms with Crippen LogP contribution in [0.1, 0.15) is 18.4 Å². The number of rotatable bonds is 4. The van der Waals surface area contributed by atoms with Crippen molar-refractivity contribution in [3.05, 3.63) is 33.9 Å². The number of nitrogens with one attached hydrogen (secondary N) is 2. The van der Waals surface area contributed by atoms with Gasteiger partial charge in [-0.1, -0.05) is 0 Å². The van der Waals surface area contributed by atoms with Crippen LogP contribution in [0.25, 0.3) is 0 Å². The highest BCUT2D eigenvalue weighted by molar-refractivity contribution is 5.58. The van der Waals surface area contributed by atoms with Gasteiger partial charge < -0.3 is 10.6 Å². The Morgan fingerprint density at radius 2 is 2.42 bits per heavy atom. The monoisotopic (exact) mass is 260 g/mol. The first-order valence-electron chi connectivity index (χ1n) is 6.34. The fraction of sp³-hybridized carbons (Fsp3) is 0.462. The highest BCUT2D eigenvalue weighted by Gasteiger charge is 2.15. The number of hydrogen-bond acceptors (Lipinski definition) is 5. The lowest BCUT2D eigenvalue weighted by molar-refractivity contribution is -0.385. The number of anilines is 1. The summed E-state index contributed by atoms with van der Waals surface area (Å²) in [6, 6.07) is 6.42. The third kappa shape index (κ3) is 3.42. The minimum atomic E-state index is -0.534. The number of nitrogens with zero attached hydrogens (tertiary/aromatic N) is 2. The fourth-order valence-electron chi connectivity index (χ4n) is 2.26. The molecule has 1 fully saturated rings. The van der Waals surface area contributed by atoms with Crippen LogP contribution in [-0.2, 0) is 0 Å². The second-order valence-corrected chi connectivity index (χ2v) is 4.69. The third-order valence-electron chi connectivity index (χ3n) is 3.31. The summed E-state index contributed by atoms with van der Waals surface area (Å²) >= 11 is 0. The molecule has 0 amide bonds. The van der Waals surface area contributed by atoms with Gasteiger partial charge in [0.1, 0.15) is 11.6 Å². The van der Waals surface area contributed by atoms with Gasteiger partial charge in [-0.2, -0.15) is 5.26 Å². The van der Waals surface area contributed by atoms with Gasteiger partial charge in [-0.25, -0.2) is 0 Å². The van der Waals surface area contributed by atoms with Crippen molar-refractivity contribution >= 4 is 11.4 Å². The smallest absolute Gasteiger partial charge is 0.287 e. The number of nitro benzene ring substituents is 1. The SMILES string of the molecule is N#Cc1cc(NCC2CCCNC2)ccc1[N+](=O)[O-]. The first-order chi connectivity index (χ1) is 9.20. The van der Waals surface area contributed by atoms with Crippen molar-refractivity contribution in [1.29, 1.82) is 5.26 Å². The summed E-state index contributed by atoms with van der Waals surface area (Å²) < 4.78 is 0. The molecule has 1 aliphatic rings. The number of nitriles is 1. The first-order valence-corrected chi connectivity index (χ1v) is 6.34. The number of piperidine rings is 1. The van der Waals surface area contributed by atoms with Crippen molar-refractivity contribution in [3.8, 4) is 6.07 Å². The van der Waals surface area contributed by atoms with E-state index in [9.17, 15) is 10.1 Å². The highest BCUT2D eigenvalue weighted by Crippen LogP contribution is 2.22. The molecular weight excluding hydrogens is 244 g/mol. The molecule has 100 valence electrons.